The molecular weight excluding hydrogens is 376 g/mol. The van der Waals surface area contributed by atoms with Crippen LogP contribution in [0.3, 0.4) is 0 Å². The van der Waals surface area contributed by atoms with E-state index in [0.29, 0.717) is 31.4 Å². The van der Waals surface area contributed by atoms with E-state index in [1.165, 1.54) is 0 Å². The summed E-state index contributed by atoms with van der Waals surface area (Å²) < 4.78 is 79.2. The average Bonchev–Trinajstić information content (AvgIpc) is 2.94. The third-order valence-electron chi connectivity index (χ3n) is 4.37. The number of halogens is 6. The summed E-state index contributed by atoms with van der Waals surface area (Å²) in [5.74, 6) is -0.992. The number of benzene rings is 1. The maximum Gasteiger partial charge on any atom is 0.416 e. The Morgan fingerprint density at radius 3 is 2.26 bits per heavy atom. The lowest BCUT2D eigenvalue weighted by atomic mass is 9.93. The van der Waals surface area contributed by atoms with Gasteiger partial charge >= 0.3 is 12.4 Å². The van der Waals surface area contributed by atoms with Gasteiger partial charge in [0.25, 0.3) is 5.91 Å². The summed E-state index contributed by atoms with van der Waals surface area (Å²) in [5, 5.41) is 6.78. The van der Waals surface area contributed by atoms with Gasteiger partial charge in [0, 0.05) is 24.4 Å². The lowest BCUT2D eigenvalue weighted by Crippen LogP contribution is -2.31. The Balaban J connectivity index is 1.93. The van der Waals surface area contributed by atoms with E-state index in [1.54, 1.807) is 17.9 Å². The zero-order valence-electron chi connectivity index (χ0n) is 14.1. The summed E-state index contributed by atoms with van der Waals surface area (Å²) in [7, 11) is 1.69. The van der Waals surface area contributed by atoms with Gasteiger partial charge in [-0.1, -0.05) is 0 Å². The molecule has 0 saturated carbocycles. The van der Waals surface area contributed by atoms with Crippen LogP contribution in [0.15, 0.2) is 24.4 Å². The predicted octanol–water partition coefficient (Wildman–Crippen LogP) is 4.27. The zero-order valence-corrected chi connectivity index (χ0v) is 14.1. The number of aromatic nitrogens is 2. The van der Waals surface area contributed by atoms with Crippen molar-refractivity contribution in [2.24, 2.45) is 7.05 Å². The van der Waals surface area contributed by atoms with E-state index in [0.717, 1.165) is 11.3 Å². The molecule has 0 radical (unpaired) electrons. The summed E-state index contributed by atoms with van der Waals surface area (Å²) in [5.41, 5.74) is -2.25. The van der Waals surface area contributed by atoms with Crippen molar-refractivity contribution in [1.29, 1.82) is 0 Å². The fourth-order valence-corrected chi connectivity index (χ4v) is 3.14. The Kier molecular flexibility index (Phi) is 4.69. The summed E-state index contributed by atoms with van der Waals surface area (Å²) in [6.07, 6.45) is -6.40. The topological polar surface area (TPSA) is 46.9 Å². The van der Waals surface area contributed by atoms with E-state index in [-0.39, 0.29) is 6.07 Å². The van der Waals surface area contributed by atoms with Crippen molar-refractivity contribution in [1.82, 2.24) is 15.1 Å². The Bertz CT molecular complexity index is 836. The van der Waals surface area contributed by atoms with E-state index in [9.17, 15) is 31.1 Å². The number of hydrogen-bond acceptors (Lipinski definition) is 2. The van der Waals surface area contributed by atoms with E-state index >= 15 is 0 Å². The Morgan fingerprint density at radius 1 is 1.11 bits per heavy atom. The first-order valence-corrected chi connectivity index (χ1v) is 8.08. The minimum absolute atomic E-state index is 0.00336. The Morgan fingerprint density at radius 2 is 1.70 bits per heavy atom. The standard InChI is InChI=1S/C17H15F6N3O/c1-26-8-12-13(3-2-4-14(12)25-26)24-15(27)9-5-10(16(18,19)20)7-11(6-9)17(21,22)23/h5-8,13H,2-4H2,1H3,(H,24,27)/t13-/m0/s1. The summed E-state index contributed by atoms with van der Waals surface area (Å²) >= 11 is 0. The molecule has 0 spiro atoms. The van der Waals surface area contributed by atoms with Crippen LogP contribution in [0.4, 0.5) is 26.3 Å². The largest absolute Gasteiger partial charge is 0.416 e. The quantitative estimate of drug-likeness (QED) is 0.778. The normalized spacial score (nSPS) is 17.5. The monoisotopic (exact) mass is 391 g/mol. The van der Waals surface area contributed by atoms with Gasteiger partial charge in [-0.25, -0.2) is 0 Å². The SMILES string of the molecule is Cn1cc2c(n1)CCC[C@@H]2NC(=O)c1cc(C(F)(F)F)cc(C(F)(F)F)c1. The van der Waals surface area contributed by atoms with Crippen LogP contribution in [0.5, 0.6) is 0 Å². The van der Waals surface area contributed by atoms with Crippen molar-refractivity contribution in [3.05, 3.63) is 52.3 Å². The molecule has 1 aliphatic carbocycles. The smallest absolute Gasteiger partial charge is 0.345 e. The second-order valence-corrected chi connectivity index (χ2v) is 6.42. The molecule has 2 aromatic rings. The first-order chi connectivity index (χ1) is 12.4. The van der Waals surface area contributed by atoms with Gasteiger partial charge in [0.05, 0.1) is 22.9 Å². The number of hydrogen-bond donors (Lipinski definition) is 1. The van der Waals surface area contributed by atoms with E-state index in [2.05, 4.69) is 10.4 Å². The third kappa shape index (κ3) is 4.09. The van der Waals surface area contributed by atoms with Crippen LogP contribution in [0.2, 0.25) is 0 Å². The van der Waals surface area contributed by atoms with Crippen molar-refractivity contribution in [2.45, 2.75) is 37.7 Å². The zero-order chi connectivity index (χ0) is 20.0. The molecule has 0 fully saturated rings. The maximum absolute atomic E-state index is 12.9. The molecule has 0 unspecified atom stereocenters. The van der Waals surface area contributed by atoms with Gasteiger partial charge in [0.15, 0.2) is 0 Å². The molecule has 3 rings (SSSR count). The average molecular weight is 391 g/mol. The lowest BCUT2D eigenvalue weighted by Gasteiger charge is -2.23. The van der Waals surface area contributed by atoms with E-state index < -0.39 is 41.0 Å². The minimum Gasteiger partial charge on any atom is -0.345 e. The Labute approximate surface area is 150 Å². The first-order valence-electron chi connectivity index (χ1n) is 8.08. The molecule has 0 aliphatic heterocycles. The van der Waals surface area contributed by atoms with Crippen LogP contribution in [0.1, 0.15) is 51.6 Å². The summed E-state index contributed by atoms with van der Waals surface area (Å²) in [4.78, 5) is 12.4. The first kappa shape index (κ1) is 19.2. The number of alkyl halides is 6. The molecule has 1 heterocycles. The highest BCUT2D eigenvalue weighted by Gasteiger charge is 2.37. The Hall–Kier alpha value is -2.52. The molecule has 0 saturated heterocycles. The maximum atomic E-state index is 12.9. The molecule has 1 aromatic heterocycles. The van der Waals surface area contributed by atoms with Gasteiger partial charge < -0.3 is 5.32 Å². The highest BCUT2D eigenvalue weighted by atomic mass is 19.4. The fourth-order valence-electron chi connectivity index (χ4n) is 3.14. The molecule has 1 atom stereocenters. The van der Waals surface area contributed by atoms with Gasteiger partial charge in [0.2, 0.25) is 0 Å². The number of nitrogens with one attached hydrogen (secondary N) is 1. The molecule has 1 amide bonds. The highest BCUT2D eigenvalue weighted by molar-refractivity contribution is 5.95. The minimum atomic E-state index is -5.00. The second kappa shape index (κ2) is 6.58. The van der Waals surface area contributed by atoms with Crippen molar-refractivity contribution < 1.29 is 31.1 Å². The van der Waals surface area contributed by atoms with Gasteiger partial charge in [-0.15, -0.1) is 0 Å². The van der Waals surface area contributed by atoms with Crippen molar-refractivity contribution in [3.8, 4) is 0 Å². The molecule has 0 bridgehead atoms. The number of rotatable bonds is 2. The number of amides is 1. The lowest BCUT2D eigenvalue weighted by molar-refractivity contribution is -0.143. The molecule has 1 aliphatic rings. The van der Waals surface area contributed by atoms with Crippen molar-refractivity contribution in [2.75, 3.05) is 0 Å². The molecule has 1 aromatic carbocycles. The van der Waals surface area contributed by atoms with Crippen LogP contribution in [-0.2, 0) is 25.8 Å². The number of nitrogens with zero attached hydrogens (tertiary/aromatic N) is 2. The number of aryl methyl sites for hydroxylation is 2. The van der Waals surface area contributed by atoms with Gasteiger partial charge in [-0.3, -0.25) is 9.48 Å². The second-order valence-electron chi connectivity index (χ2n) is 6.42. The van der Waals surface area contributed by atoms with Crippen molar-refractivity contribution >= 4 is 5.91 Å². The molecule has 10 heteroatoms. The van der Waals surface area contributed by atoms with Crippen LogP contribution >= 0.6 is 0 Å². The molecule has 146 valence electrons. The van der Waals surface area contributed by atoms with Gasteiger partial charge in [-0.05, 0) is 37.5 Å². The van der Waals surface area contributed by atoms with Gasteiger partial charge in [0.1, 0.15) is 0 Å². The van der Waals surface area contributed by atoms with Crippen LogP contribution in [-0.4, -0.2) is 15.7 Å². The predicted molar refractivity (Wildman–Crippen MR) is 82.8 cm³/mol. The number of carbonyl (C=O) groups is 1. The fraction of sp³-hybridized carbons (Fsp3) is 0.412. The summed E-state index contributed by atoms with van der Waals surface area (Å²) in [6.45, 7) is 0. The van der Waals surface area contributed by atoms with Crippen molar-refractivity contribution in [3.63, 3.8) is 0 Å². The van der Waals surface area contributed by atoms with E-state index in [1.807, 2.05) is 0 Å². The molecule has 27 heavy (non-hydrogen) atoms. The molecular formula is C17H15F6N3O. The van der Waals surface area contributed by atoms with Gasteiger partial charge in [-0.2, -0.15) is 31.4 Å². The molecule has 4 nitrogen and oxygen atoms in total. The highest BCUT2D eigenvalue weighted by Crippen LogP contribution is 2.36. The van der Waals surface area contributed by atoms with Crippen LogP contribution < -0.4 is 5.32 Å². The third-order valence-corrected chi connectivity index (χ3v) is 4.37. The number of carbonyl (C=O) groups excluding carboxylic acids is 1. The van der Waals surface area contributed by atoms with Crippen LogP contribution in [0, 0.1) is 0 Å². The van der Waals surface area contributed by atoms with E-state index in [4.69, 9.17) is 0 Å². The number of fused-ring (bicyclic) bond motifs is 1. The summed E-state index contributed by atoms with van der Waals surface area (Å²) in [6, 6.07) is 0.338. The van der Waals surface area contributed by atoms with Crippen LogP contribution in [0.25, 0.3) is 0 Å². The molecule has 1 N–H and O–H groups in total.